The van der Waals surface area contributed by atoms with Gasteiger partial charge in [0.2, 0.25) is 0 Å². The monoisotopic (exact) mass is 637 g/mol. The van der Waals surface area contributed by atoms with E-state index in [1.165, 1.54) is 13.0 Å². The number of ether oxygens (including phenoxy) is 1. The van der Waals surface area contributed by atoms with Gasteiger partial charge in [0.25, 0.3) is 6.36 Å². The minimum atomic E-state index is -1.79. The van der Waals surface area contributed by atoms with Crippen LogP contribution in [0.3, 0.4) is 0 Å². The maximum Gasteiger partial charge on any atom is 0.259 e. The summed E-state index contributed by atoms with van der Waals surface area (Å²) in [7, 11) is 0. The Kier molecular flexibility index (Phi) is 10.5. The van der Waals surface area contributed by atoms with Crippen molar-refractivity contribution in [2.75, 3.05) is 5.32 Å². The molecule has 0 radical (unpaired) electrons. The Morgan fingerprint density at radius 2 is 1.98 bits per heavy atom. The molecule has 5 rings (SSSR count). The maximum atomic E-state index is 15.2. The van der Waals surface area contributed by atoms with Crippen LogP contribution < -0.4 is 15.5 Å². The minimum absolute atomic E-state index is 0.0606. The molecule has 1 aliphatic heterocycles. The van der Waals surface area contributed by atoms with Crippen molar-refractivity contribution in [1.29, 1.82) is 10.8 Å². The molecule has 1 unspecified atom stereocenters. The molecule has 47 heavy (non-hydrogen) atoms. The standard InChI is InChI=1S/C38H41F2N5O2/c1-5-25-19-30(12-13-32(25)33(46)20-29(42)17-24-8-10-28(41)11-9-24)45-38-36-26(7-6-16-43-38)18-27(21-44-36)31-14-15-34(35(39)23(31)4)47-37(40)22(2)3/h6-7,12-16,19,21,24,37,41-42,44H,2,5,8-11,17-18,20H2,1,3-4H3. The second kappa shape index (κ2) is 14.8. The molecule has 2 aromatic carbocycles. The molecular weight excluding hydrogens is 596 g/mol. The number of aromatic nitrogens is 1. The second-order valence-corrected chi connectivity index (χ2v) is 12.4. The number of hydrogen-bond acceptors (Lipinski definition) is 7. The van der Waals surface area contributed by atoms with Gasteiger partial charge in [0.05, 0.1) is 11.4 Å². The van der Waals surface area contributed by atoms with Crippen molar-refractivity contribution in [3.8, 4) is 5.75 Å². The number of nitrogens with zero attached hydrogens (tertiary/aromatic N) is 2. The maximum absolute atomic E-state index is 15.2. The van der Waals surface area contributed by atoms with E-state index in [1.807, 2.05) is 31.3 Å². The lowest BCUT2D eigenvalue weighted by Crippen LogP contribution is -2.18. The molecule has 7 nitrogen and oxygen atoms in total. The predicted octanol–water partition coefficient (Wildman–Crippen LogP) is 8.78. The summed E-state index contributed by atoms with van der Waals surface area (Å²) in [6, 6.07) is 12.4. The van der Waals surface area contributed by atoms with Gasteiger partial charge < -0.3 is 20.9 Å². The number of halogens is 2. The van der Waals surface area contributed by atoms with Crippen LogP contribution in [0, 0.1) is 29.5 Å². The first-order valence-corrected chi connectivity index (χ1v) is 16.1. The molecule has 3 aromatic rings. The highest BCUT2D eigenvalue weighted by atomic mass is 19.1. The van der Waals surface area contributed by atoms with Crippen molar-refractivity contribution < 1.29 is 18.3 Å². The Hall–Kier alpha value is -4.79. The molecule has 244 valence electrons. The van der Waals surface area contributed by atoms with Crippen LogP contribution in [0.5, 0.6) is 5.75 Å². The van der Waals surface area contributed by atoms with Crippen LogP contribution in [-0.4, -0.2) is 28.5 Å². The van der Waals surface area contributed by atoms with Crippen LogP contribution >= 0.6 is 0 Å². The molecule has 1 saturated carbocycles. The molecule has 1 aliphatic carbocycles. The first-order valence-electron chi connectivity index (χ1n) is 16.1. The fourth-order valence-electron chi connectivity index (χ4n) is 6.13. The third-order valence-electron chi connectivity index (χ3n) is 8.83. The molecule has 1 fully saturated rings. The van der Waals surface area contributed by atoms with Gasteiger partial charge in [-0.05, 0) is 122 Å². The molecule has 0 spiro atoms. The van der Waals surface area contributed by atoms with E-state index in [2.05, 4.69) is 16.9 Å². The summed E-state index contributed by atoms with van der Waals surface area (Å²) in [6.07, 6.45) is 6.96. The second-order valence-electron chi connectivity index (χ2n) is 12.4. The van der Waals surface area contributed by atoms with Crippen LogP contribution in [0.1, 0.15) is 85.0 Å². The van der Waals surface area contributed by atoms with Crippen LogP contribution in [0.25, 0.3) is 5.57 Å². The lowest BCUT2D eigenvalue weighted by molar-refractivity contribution is 0.0973. The van der Waals surface area contributed by atoms with Gasteiger partial charge in [0.15, 0.2) is 22.8 Å². The van der Waals surface area contributed by atoms with Crippen LogP contribution in [0.4, 0.5) is 20.2 Å². The lowest BCUT2D eigenvalue weighted by Gasteiger charge is -2.22. The van der Waals surface area contributed by atoms with Gasteiger partial charge in [-0.2, -0.15) is 4.39 Å². The summed E-state index contributed by atoms with van der Waals surface area (Å²) in [6.45, 7) is 8.64. The first-order chi connectivity index (χ1) is 22.5. The van der Waals surface area contributed by atoms with E-state index in [0.717, 1.165) is 53.8 Å². The van der Waals surface area contributed by atoms with E-state index in [-0.39, 0.29) is 23.5 Å². The van der Waals surface area contributed by atoms with Crippen molar-refractivity contribution >= 4 is 34.2 Å². The summed E-state index contributed by atoms with van der Waals surface area (Å²) in [5.41, 5.74) is 7.53. The SMILES string of the molecule is C=C(C)C(F)Oc1ccc(C2=CNc3c(cccnc3=Nc3ccc(C(=O)CC(=N)CC4CCC(=N)CC4)c(CC)c3)C2)c(C)c1F. The Bertz CT molecular complexity index is 1840. The number of ketones is 1. The minimum Gasteiger partial charge on any atom is -0.453 e. The molecule has 3 N–H and O–H groups in total. The number of hydrogen-bond donors (Lipinski definition) is 3. The largest absolute Gasteiger partial charge is 0.453 e. The van der Waals surface area contributed by atoms with Gasteiger partial charge in [-0.3, -0.25) is 4.79 Å². The molecule has 9 heteroatoms. The number of rotatable bonds is 11. The quantitative estimate of drug-likeness (QED) is 0.111. The molecular formula is C38H41F2N5O2. The van der Waals surface area contributed by atoms with E-state index in [4.69, 9.17) is 20.5 Å². The molecule has 2 aliphatic rings. The summed E-state index contributed by atoms with van der Waals surface area (Å²) in [5, 5.41) is 19.6. The predicted molar refractivity (Wildman–Crippen MR) is 183 cm³/mol. The van der Waals surface area contributed by atoms with Gasteiger partial charge in [0.1, 0.15) is 0 Å². The van der Waals surface area contributed by atoms with E-state index >= 15 is 4.39 Å². The van der Waals surface area contributed by atoms with Crippen LogP contribution in [0.15, 0.2) is 72.0 Å². The molecule has 0 saturated heterocycles. The zero-order valence-corrected chi connectivity index (χ0v) is 27.2. The fraction of sp³-hybridized carbons (Fsp3) is 0.342. The third-order valence-corrected chi connectivity index (χ3v) is 8.83. The van der Waals surface area contributed by atoms with E-state index in [1.54, 1.807) is 31.3 Å². The Balaban J connectivity index is 1.35. The average Bonchev–Trinajstić information content (AvgIpc) is 3.25. The number of alkyl halides is 1. The molecule has 0 bridgehead atoms. The first kappa shape index (κ1) is 33.6. The molecule has 1 atom stereocenters. The van der Waals surface area contributed by atoms with Crippen molar-refractivity contribution in [2.45, 2.75) is 78.5 Å². The number of benzene rings is 2. The number of Topliss-reactive ketones (excluding diaryl/α,β-unsaturated/α-hetero) is 1. The number of fused-ring (bicyclic) bond motifs is 1. The lowest BCUT2D eigenvalue weighted by atomic mass is 9.83. The molecule has 0 amide bonds. The summed E-state index contributed by atoms with van der Waals surface area (Å²) in [4.78, 5) is 22.6. The van der Waals surface area contributed by atoms with E-state index in [0.29, 0.717) is 58.8 Å². The number of nitrogens with one attached hydrogen (secondary N) is 3. The smallest absolute Gasteiger partial charge is 0.259 e. The van der Waals surface area contributed by atoms with Gasteiger partial charge >= 0.3 is 0 Å². The number of allylic oxidation sites excluding steroid dienone is 1. The van der Waals surface area contributed by atoms with Gasteiger partial charge in [-0.15, -0.1) is 0 Å². The van der Waals surface area contributed by atoms with Crippen LogP contribution in [-0.2, 0) is 12.8 Å². The highest BCUT2D eigenvalue weighted by Crippen LogP contribution is 2.33. The number of carbonyl (C=O) groups is 1. The van der Waals surface area contributed by atoms with Crippen molar-refractivity contribution in [1.82, 2.24) is 4.98 Å². The summed E-state index contributed by atoms with van der Waals surface area (Å²) >= 11 is 0. The topological polar surface area (TPSA) is 111 Å². The average molecular weight is 638 g/mol. The summed E-state index contributed by atoms with van der Waals surface area (Å²) in [5.74, 6) is -0.465. The van der Waals surface area contributed by atoms with E-state index < -0.39 is 12.2 Å². The van der Waals surface area contributed by atoms with Crippen molar-refractivity contribution in [3.05, 3.63) is 106 Å². The highest BCUT2D eigenvalue weighted by molar-refractivity contribution is 6.09. The van der Waals surface area contributed by atoms with Crippen molar-refractivity contribution in [2.24, 2.45) is 10.9 Å². The van der Waals surface area contributed by atoms with E-state index in [9.17, 15) is 9.18 Å². The Morgan fingerprint density at radius 1 is 1.21 bits per heavy atom. The number of aryl methyl sites for hydroxylation is 1. The summed E-state index contributed by atoms with van der Waals surface area (Å²) < 4.78 is 34.4. The Morgan fingerprint density at radius 3 is 2.70 bits per heavy atom. The zero-order valence-electron chi connectivity index (χ0n) is 27.2. The van der Waals surface area contributed by atoms with Gasteiger partial charge in [-0.1, -0.05) is 25.6 Å². The number of carbonyl (C=O) groups excluding carboxylic acids is 1. The number of anilines is 1. The Labute approximate surface area is 274 Å². The fourth-order valence-corrected chi connectivity index (χ4v) is 6.13. The normalized spacial score (nSPS) is 16.9. The van der Waals surface area contributed by atoms with Gasteiger partial charge in [-0.25, -0.2) is 14.4 Å². The highest BCUT2D eigenvalue weighted by Gasteiger charge is 2.22. The molecule has 2 heterocycles. The van der Waals surface area contributed by atoms with Crippen LogP contribution in [0.2, 0.25) is 0 Å². The molecule has 1 aromatic heterocycles. The van der Waals surface area contributed by atoms with Crippen molar-refractivity contribution in [3.63, 3.8) is 0 Å². The zero-order chi connectivity index (χ0) is 33.7. The van der Waals surface area contributed by atoms with Gasteiger partial charge in [0, 0.05) is 42.2 Å². The third kappa shape index (κ3) is 7.96.